The van der Waals surface area contributed by atoms with E-state index in [0.717, 1.165) is 6.07 Å². The Bertz CT molecular complexity index is 509. The second-order valence-corrected chi connectivity index (χ2v) is 6.97. The summed E-state index contributed by atoms with van der Waals surface area (Å²) in [6.45, 7) is 1.89. The van der Waals surface area contributed by atoms with Crippen LogP contribution in [0.5, 0.6) is 0 Å². The number of hydrogen-bond acceptors (Lipinski definition) is 4. The van der Waals surface area contributed by atoms with Gasteiger partial charge in [-0.05, 0) is 25.3 Å². The molecule has 0 bridgehead atoms. The fourth-order valence-electron chi connectivity index (χ4n) is 1.34. The van der Waals surface area contributed by atoms with Crippen molar-refractivity contribution in [3.05, 3.63) is 23.5 Å². The van der Waals surface area contributed by atoms with Crippen molar-refractivity contribution in [1.29, 1.82) is 0 Å². The van der Waals surface area contributed by atoms with Crippen molar-refractivity contribution in [2.24, 2.45) is 0 Å². The van der Waals surface area contributed by atoms with Gasteiger partial charge in [0.05, 0.1) is 4.90 Å². The minimum atomic E-state index is -3.67. The normalized spacial score (nSPS) is 12.1. The van der Waals surface area contributed by atoms with Gasteiger partial charge in [-0.2, -0.15) is 11.8 Å². The lowest BCUT2D eigenvalue weighted by Gasteiger charge is -2.17. The van der Waals surface area contributed by atoms with Gasteiger partial charge in [-0.3, -0.25) is 0 Å². The Labute approximate surface area is 111 Å². The molecule has 0 aliphatic rings. The number of halogens is 1. The summed E-state index contributed by atoms with van der Waals surface area (Å²) in [5.41, 5.74) is 6.00. The first-order valence-electron chi connectivity index (χ1n) is 5.31. The average molecular weight is 292 g/mol. The smallest absolute Gasteiger partial charge is 0.243 e. The van der Waals surface area contributed by atoms with E-state index in [0.29, 0.717) is 12.3 Å². The Morgan fingerprint density at radius 1 is 1.44 bits per heavy atom. The van der Waals surface area contributed by atoms with Crippen LogP contribution in [0.15, 0.2) is 17.0 Å². The predicted molar refractivity (Wildman–Crippen MR) is 73.7 cm³/mol. The summed E-state index contributed by atoms with van der Waals surface area (Å²) in [5, 5.41) is 0. The van der Waals surface area contributed by atoms with Crippen LogP contribution in [0.4, 0.5) is 10.1 Å². The number of rotatable bonds is 5. The van der Waals surface area contributed by atoms with Crippen LogP contribution in [0.25, 0.3) is 0 Å². The summed E-state index contributed by atoms with van der Waals surface area (Å²) >= 11 is 1.55. The van der Waals surface area contributed by atoms with E-state index in [2.05, 4.69) is 0 Å². The van der Waals surface area contributed by atoms with E-state index in [4.69, 9.17) is 5.73 Å². The van der Waals surface area contributed by atoms with Crippen molar-refractivity contribution in [3.63, 3.8) is 0 Å². The molecule has 7 heteroatoms. The molecule has 0 saturated carbocycles. The molecular formula is C11H17FN2O2S2. The van der Waals surface area contributed by atoms with Gasteiger partial charge in [0, 0.05) is 30.6 Å². The molecule has 0 aliphatic heterocycles. The zero-order valence-electron chi connectivity index (χ0n) is 10.6. The quantitative estimate of drug-likeness (QED) is 0.839. The van der Waals surface area contributed by atoms with Crippen molar-refractivity contribution >= 4 is 27.5 Å². The molecule has 0 unspecified atom stereocenters. The van der Waals surface area contributed by atoms with Gasteiger partial charge < -0.3 is 5.73 Å². The van der Waals surface area contributed by atoms with Crippen LogP contribution < -0.4 is 5.73 Å². The van der Waals surface area contributed by atoms with E-state index in [-0.39, 0.29) is 16.1 Å². The van der Waals surface area contributed by atoms with Gasteiger partial charge in [0.25, 0.3) is 0 Å². The summed E-state index contributed by atoms with van der Waals surface area (Å²) in [6, 6.07) is 2.31. The standard InChI is InChI=1S/C11H17FN2O2S2/c1-8-10(12)6-9(7-11(8)13)18(15,16)14(2)4-5-17-3/h6-7H,4-5,13H2,1-3H3. The number of anilines is 1. The maximum atomic E-state index is 13.5. The second kappa shape index (κ2) is 5.90. The molecule has 0 saturated heterocycles. The zero-order valence-corrected chi connectivity index (χ0v) is 12.2. The Kier molecular flexibility index (Phi) is 5.01. The number of nitrogens with two attached hydrogens (primary N) is 1. The van der Waals surface area contributed by atoms with Crippen molar-refractivity contribution < 1.29 is 12.8 Å². The van der Waals surface area contributed by atoms with Crippen molar-refractivity contribution in [1.82, 2.24) is 4.31 Å². The molecule has 0 heterocycles. The highest BCUT2D eigenvalue weighted by Gasteiger charge is 2.22. The molecule has 1 aromatic rings. The summed E-state index contributed by atoms with van der Waals surface area (Å²) < 4.78 is 39.0. The highest BCUT2D eigenvalue weighted by Crippen LogP contribution is 2.23. The van der Waals surface area contributed by atoms with Crippen LogP contribution in [0.2, 0.25) is 0 Å². The number of hydrogen-bond donors (Lipinski definition) is 1. The van der Waals surface area contributed by atoms with Gasteiger partial charge in [0.15, 0.2) is 0 Å². The van der Waals surface area contributed by atoms with Crippen LogP contribution >= 0.6 is 11.8 Å². The highest BCUT2D eigenvalue weighted by molar-refractivity contribution is 7.98. The minimum absolute atomic E-state index is 0.105. The molecule has 18 heavy (non-hydrogen) atoms. The molecule has 2 N–H and O–H groups in total. The molecule has 0 radical (unpaired) electrons. The van der Waals surface area contributed by atoms with E-state index >= 15 is 0 Å². The van der Waals surface area contributed by atoms with Gasteiger partial charge in [0.1, 0.15) is 5.82 Å². The average Bonchev–Trinajstić information content (AvgIpc) is 2.32. The second-order valence-electron chi connectivity index (χ2n) is 3.94. The molecule has 0 aliphatic carbocycles. The van der Waals surface area contributed by atoms with Gasteiger partial charge in [-0.25, -0.2) is 17.1 Å². The molecule has 1 rings (SSSR count). The number of thioether (sulfide) groups is 1. The lowest BCUT2D eigenvalue weighted by atomic mass is 10.2. The fraction of sp³-hybridized carbons (Fsp3) is 0.455. The molecule has 0 fully saturated rings. The van der Waals surface area contributed by atoms with E-state index in [9.17, 15) is 12.8 Å². The van der Waals surface area contributed by atoms with Crippen LogP contribution in [-0.4, -0.2) is 38.3 Å². The summed E-state index contributed by atoms with van der Waals surface area (Å²) in [5.74, 6) is 0.0753. The van der Waals surface area contributed by atoms with Crippen molar-refractivity contribution in [2.75, 3.05) is 31.3 Å². The minimum Gasteiger partial charge on any atom is -0.398 e. The molecule has 0 aromatic heterocycles. The summed E-state index contributed by atoms with van der Waals surface area (Å²) in [7, 11) is -2.20. The van der Waals surface area contributed by atoms with Crippen LogP contribution in [-0.2, 0) is 10.0 Å². The third-order valence-corrected chi connectivity index (χ3v) is 5.10. The summed E-state index contributed by atoms with van der Waals surface area (Å²) in [4.78, 5) is -0.105. The Hall–Kier alpha value is -0.790. The SMILES string of the molecule is CSCCN(C)S(=O)(=O)c1cc(N)c(C)c(F)c1. The van der Waals surface area contributed by atoms with Crippen LogP contribution in [0.1, 0.15) is 5.56 Å². The zero-order chi connectivity index (χ0) is 13.9. The Morgan fingerprint density at radius 2 is 2.06 bits per heavy atom. The molecule has 0 spiro atoms. The van der Waals surface area contributed by atoms with Gasteiger partial charge >= 0.3 is 0 Å². The first kappa shape index (κ1) is 15.3. The van der Waals surface area contributed by atoms with Crippen LogP contribution in [0, 0.1) is 12.7 Å². The van der Waals surface area contributed by atoms with Crippen molar-refractivity contribution in [2.45, 2.75) is 11.8 Å². The number of nitrogens with zero attached hydrogens (tertiary/aromatic N) is 1. The van der Waals surface area contributed by atoms with Gasteiger partial charge in [-0.1, -0.05) is 0 Å². The molecule has 1 aromatic carbocycles. The Balaban J connectivity index is 3.13. The maximum absolute atomic E-state index is 13.5. The first-order valence-corrected chi connectivity index (χ1v) is 8.15. The van der Waals surface area contributed by atoms with Gasteiger partial charge in [-0.15, -0.1) is 0 Å². The van der Waals surface area contributed by atoms with E-state index < -0.39 is 15.8 Å². The maximum Gasteiger partial charge on any atom is 0.243 e. The first-order chi connectivity index (χ1) is 8.30. The lowest BCUT2D eigenvalue weighted by Crippen LogP contribution is -2.29. The third-order valence-electron chi connectivity index (χ3n) is 2.68. The molecule has 4 nitrogen and oxygen atoms in total. The van der Waals surface area contributed by atoms with Gasteiger partial charge in [0.2, 0.25) is 10.0 Å². The van der Waals surface area contributed by atoms with E-state index in [1.54, 1.807) is 11.8 Å². The topological polar surface area (TPSA) is 63.4 Å². The third kappa shape index (κ3) is 3.15. The summed E-state index contributed by atoms with van der Waals surface area (Å²) in [6.07, 6.45) is 1.89. The van der Waals surface area contributed by atoms with Crippen LogP contribution in [0.3, 0.4) is 0 Å². The molecule has 0 atom stereocenters. The number of benzene rings is 1. The van der Waals surface area contributed by atoms with E-state index in [1.807, 2.05) is 6.26 Å². The molecule has 102 valence electrons. The Morgan fingerprint density at radius 3 is 2.56 bits per heavy atom. The van der Waals surface area contributed by atoms with Crippen molar-refractivity contribution in [3.8, 4) is 0 Å². The lowest BCUT2D eigenvalue weighted by molar-refractivity contribution is 0.487. The monoisotopic (exact) mass is 292 g/mol. The predicted octanol–water partition coefficient (Wildman–Crippen LogP) is 1.70. The molecule has 0 amide bonds. The fourth-order valence-corrected chi connectivity index (χ4v) is 3.13. The number of sulfonamides is 1. The number of nitrogen functional groups attached to an aromatic ring is 1. The largest absolute Gasteiger partial charge is 0.398 e. The highest BCUT2D eigenvalue weighted by atomic mass is 32.2. The van der Waals surface area contributed by atoms with E-state index in [1.165, 1.54) is 24.3 Å². The molecular weight excluding hydrogens is 275 g/mol.